The summed E-state index contributed by atoms with van der Waals surface area (Å²) in [7, 11) is 3.16. The van der Waals surface area contributed by atoms with Crippen LogP contribution in [0.5, 0.6) is 5.88 Å². The second-order valence-corrected chi connectivity index (χ2v) is 5.88. The molecule has 0 saturated carbocycles. The van der Waals surface area contributed by atoms with E-state index in [0.717, 1.165) is 22.3 Å². The van der Waals surface area contributed by atoms with Crippen LogP contribution in [0.25, 0.3) is 0 Å². The molecule has 2 heterocycles. The topological polar surface area (TPSA) is 71.4 Å². The predicted octanol–water partition coefficient (Wildman–Crippen LogP) is 2.47. The number of aromatic nitrogens is 2. The summed E-state index contributed by atoms with van der Waals surface area (Å²) in [6.45, 7) is 0.929. The van der Waals surface area contributed by atoms with Gasteiger partial charge in [-0.2, -0.15) is 13.2 Å². The molecule has 0 radical (unpaired) electrons. The number of methoxy groups -OCH3 is 1. The van der Waals surface area contributed by atoms with Crippen LogP contribution >= 0.6 is 11.3 Å². The van der Waals surface area contributed by atoms with Crippen molar-refractivity contribution >= 4 is 17.3 Å². The minimum absolute atomic E-state index is 0.379. The molecular weight excluding hydrogens is 355 g/mol. The number of aliphatic imine (C=N–C) groups is 1. The Morgan fingerprint density at radius 1 is 1.36 bits per heavy atom. The van der Waals surface area contributed by atoms with Crippen LogP contribution in [0.2, 0.25) is 0 Å². The van der Waals surface area contributed by atoms with Crippen LogP contribution in [0.3, 0.4) is 0 Å². The molecule has 0 atom stereocenters. The van der Waals surface area contributed by atoms with E-state index in [1.54, 1.807) is 26.4 Å². The van der Waals surface area contributed by atoms with Gasteiger partial charge < -0.3 is 15.4 Å². The van der Waals surface area contributed by atoms with E-state index in [2.05, 4.69) is 25.6 Å². The lowest BCUT2D eigenvalue weighted by Crippen LogP contribution is -2.37. The van der Waals surface area contributed by atoms with Gasteiger partial charge in [0.1, 0.15) is 0 Å². The van der Waals surface area contributed by atoms with E-state index in [1.165, 1.54) is 0 Å². The van der Waals surface area contributed by atoms with E-state index in [0.29, 0.717) is 36.4 Å². The average molecular weight is 373 g/mol. The second-order valence-electron chi connectivity index (χ2n) is 4.93. The highest BCUT2D eigenvalue weighted by Crippen LogP contribution is 2.29. The normalized spacial score (nSPS) is 12.1. The van der Waals surface area contributed by atoms with E-state index in [-0.39, 0.29) is 0 Å². The first kappa shape index (κ1) is 19.0. The number of guanidine groups is 1. The lowest BCUT2D eigenvalue weighted by molar-refractivity contribution is -0.140. The Hall–Kier alpha value is -2.36. The van der Waals surface area contributed by atoms with Crippen molar-refractivity contribution in [1.82, 2.24) is 20.6 Å². The first-order valence-corrected chi connectivity index (χ1v) is 8.25. The molecule has 2 N–H and O–H groups in total. The molecule has 0 aliphatic heterocycles. The Balaban J connectivity index is 1.79. The zero-order chi connectivity index (χ0) is 18.3. The lowest BCUT2D eigenvalue weighted by atomic mass is 10.2. The lowest BCUT2D eigenvalue weighted by Gasteiger charge is -2.11. The van der Waals surface area contributed by atoms with Gasteiger partial charge in [0.2, 0.25) is 5.88 Å². The van der Waals surface area contributed by atoms with Crippen molar-refractivity contribution in [3.63, 3.8) is 0 Å². The first-order chi connectivity index (χ1) is 11.9. The number of thiazole rings is 1. The van der Waals surface area contributed by atoms with Crippen LogP contribution in [0.4, 0.5) is 13.2 Å². The van der Waals surface area contributed by atoms with Gasteiger partial charge in [-0.1, -0.05) is 0 Å². The number of pyridine rings is 1. The molecule has 0 aromatic carbocycles. The van der Waals surface area contributed by atoms with Crippen molar-refractivity contribution in [3.8, 4) is 5.88 Å². The summed E-state index contributed by atoms with van der Waals surface area (Å²) < 4.78 is 42.6. The quantitative estimate of drug-likeness (QED) is 0.601. The highest BCUT2D eigenvalue weighted by molar-refractivity contribution is 7.09. The molecule has 0 bridgehead atoms. The number of halogens is 3. The van der Waals surface area contributed by atoms with E-state index >= 15 is 0 Å². The molecule has 0 aliphatic carbocycles. The van der Waals surface area contributed by atoms with Gasteiger partial charge in [0.25, 0.3) is 0 Å². The van der Waals surface area contributed by atoms with Crippen molar-refractivity contribution in [2.75, 3.05) is 20.7 Å². The summed E-state index contributed by atoms with van der Waals surface area (Å²) in [5.41, 5.74) is 0.117. The number of ether oxygens (including phenoxy) is 1. The monoisotopic (exact) mass is 373 g/mol. The fourth-order valence-electron chi connectivity index (χ4n) is 1.92. The van der Waals surface area contributed by atoms with Crippen LogP contribution in [-0.2, 0) is 19.1 Å². The molecule has 0 aliphatic rings. The molecule has 136 valence electrons. The number of rotatable bonds is 6. The molecule has 0 amide bonds. The standard InChI is InChI=1S/C15H18F3N5OS/c1-19-14(22-8-10-3-5-20-12(7-10)24-2)21-6-4-13-23-11(9-25-13)15(16,17)18/h3,5,7,9H,4,6,8H2,1-2H3,(H2,19,21,22). The average Bonchev–Trinajstić information content (AvgIpc) is 3.07. The number of alkyl halides is 3. The Labute approximate surface area is 147 Å². The minimum atomic E-state index is -4.40. The Morgan fingerprint density at radius 3 is 2.80 bits per heavy atom. The zero-order valence-corrected chi connectivity index (χ0v) is 14.5. The third kappa shape index (κ3) is 5.89. The first-order valence-electron chi connectivity index (χ1n) is 7.37. The highest BCUT2D eigenvalue weighted by atomic mass is 32.1. The molecule has 6 nitrogen and oxygen atoms in total. The molecule has 2 rings (SSSR count). The van der Waals surface area contributed by atoms with Gasteiger partial charge in [-0.3, -0.25) is 4.99 Å². The van der Waals surface area contributed by atoms with Crippen molar-refractivity contribution in [2.24, 2.45) is 4.99 Å². The van der Waals surface area contributed by atoms with Gasteiger partial charge in [0, 0.05) is 44.2 Å². The Bertz CT molecular complexity index is 717. The van der Waals surface area contributed by atoms with Crippen molar-refractivity contribution < 1.29 is 17.9 Å². The van der Waals surface area contributed by atoms with E-state index in [9.17, 15) is 13.2 Å². The fraction of sp³-hybridized carbons (Fsp3) is 0.400. The van der Waals surface area contributed by atoms with Crippen LogP contribution in [-0.4, -0.2) is 36.6 Å². The SMILES string of the molecule is CN=C(NCCc1nc(C(F)(F)F)cs1)NCc1ccnc(OC)c1. The third-order valence-corrected chi connectivity index (χ3v) is 4.07. The largest absolute Gasteiger partial charge is 0.481 e. The van der Waals surface area contributed by atoms with Gasteiger partial charge in [-0.15, -0.1) is 11.3 Å². The summed E-state index contributed by atoms with van der Waals surface area (Å²) in [6, 6.07) is 3.64. The van der Waals surface area contributed by atoms with Crippen LogP contribution < -0.4 is 15.4 Å². The maximum atomic E-state index is 12.5. The molecule has 2 aromatic heterocycles. The van der Waals surface area contributed by atoms with E-state index in [4.69, 9.17) is 4.74 Å². The third-order valence-electron chi connectivity index (χ3n) is 3.17. The Morgan fingerprint density at radius 2 is 2.16 bits per heavy atom. The summed E-state index contributed by atoms with van der Waals surface area (Å²) in [4.78, 5) is 11.7. The summed E-state index contributed by atoms with van der Waals surface area (Å²) in [5, 5.41) is 7.61. The maximum Gasteiger partial charge on any atom is 0.434 e. The van der Waals surface area contributed by atoms with Crippen molar-refractivity contribution in [3.05, 3.63) is 40.0 Å². The predicted molar refractivity (Wildman–Crippen MR) is 89.8 cm³/mol. The molecule has 2 aromatic rings. The fourth-order valence-corrected chi connectivity index (χ4v) is 2.73. The van der Waals surface area contributed by atoms with Crippen LogP contribution in [0.1, 0.15) is 16.3 Å². The Kier molecular flexibility index (Phi) is 6.57. The summed E-state index contributed by atoms with van der Waals surface area (Å²) >= 11 is 0.998. The van der Waals surface area contributed by atoms with Gasteiger partial charge in [0.15, 0.2) is 11.7 Å². The van der Waals surface area contributed by atoms with Gasteiger partial charge in [0.05, 0.1) is 12.1 Å². The maximum absolute atomic E-state index is 12.5. The molecule has 0 fully saturated rings. The second kappa shape index (κ2) is 8.65. The smallest absolute Gasteiger partial charge is 0.434 e. The number of nitrogens with zero attached hydrogens (tertiary/aromatic N) is 3. The molecule has 10 heteroatoms. The zero-order valence-electron chi connectivity index (χ0n) is 13.7. The molecule has 0 unspecified atom stereocenters. The van der Waals surface area contributed by atoms with Crippen LogP contribution in [0.15, 0.2) is 28.7 Å². The van der Waals surface area contributed by atoms with E-state index < -0.39 is 11.9 Å². The van der Waals surface area contributed by atoms with Gasteiger partial charge in [-0.05, 0) is 11.6 Å². The van der Waals surface area contributed by atoms with E-state index in [1.807, 2.05) is 6.07 Å². The van der Waals surface area contributed by atoms with Crippen molar-refractivity contribution in [2.45, 2.75) is 19.1 Å². The molecular formula is C15H18F3N5OS. The molecule has 25 heavy (non-hydrogen) atoms. The highest BCUT2D eigenvalue weighted by Gasteiger charge is 2.33. The molecule has 0 spiro atoms. The molecule has 0 saturated heterocycles. The van der Waals surface area contributed by atoms with Gasteiger partial charge >= 0.3 is 6.18 Å². The number of hydrogen-bond donors (Lipinski definition) is 2. The van der Waals surface area contributed by atoms with Gasteiger partial charge in [-0.25, -0.2) is 9.97 Å². The minimum Gasteiger partial charge on any atom is -0.481 e. The number of nitrogens with one attached hydrogen (secondary N) is 2. The van der Waals surface area contributed by atoms with Crippen LogP contribution in [0, 0.1) is 0 Å². The summed E-state index contributed by atoms with van der Waals surface area (Å²) in [6.07, 6.45) is -2.37. The van der Waals surface area contributed by atoms with Crippen molar-refractivity contribution in [1.29, 1.82) is 0 Å². The number of hydrogen-bond acceptors (Lipinski definition) is 5. The summed E-state index contributed by atoms with van der Waals surface area (Å²) in [5.74, 6) is 1.06.